The molecule has 0 atom stereocenters. The first kappa shape index (κ1) is 23.0. The van der Waals surface area contributed by atoms with E-state index in [1.54, 1.807) is 0 Å². The van der Waals surface area contributed by atoms with Gasteiger partial charge in [-0.15, -0.1) is 0 Å². The Morgan fingerprint density at radius 3 is 2.59 bits per heavy atom. The fraction of sp³-hybridized carbons (Fsp3) is 0.0476. The molecule has 0 aliphatic heterocycles. The SMILES string of the molecule is Nc1nccc(Oc2ccc(NC(=O)c3cnn(-c4cccnc4)c3C(F)(F)F)cc2F)c1Cl. The molecule has 4 aromatic rings. The monoisotopic (exact) mass is 492 g/mol. The quantitative estimate of drug-likeness (QED) is 0.375. The summed E-state index contributed by atoms with van der Waals surface area (Å²) in [6.07, 6.45) is -0.274. The van der Waals surface area contributed by atoms with Crippen molar-refractivity contribution in [2.75, 3.05) is 11.1 Å². The van der Waals surface area contributed by atoms with Crippen LogP contribution in [0.3, 0.4) is 0 Å². The lowest BCUT2D eigenvalue weighted by Crippen LogP contribution is -2.20. The fourth-order valence-corrected chi connectivity index (χ4v) is 3.11. The number of hydrogen-bond donors (Lipinski definition) is 2. The molecule has 8 nitrogen and oxygen atoms in total. The van der Waals surface area contributed by atoms with E-state index in [4.69, 9.17) is 22.1 Å². The molecular formula is C21H13ClF4N6O2. The summed E-state index contributed by atoms with van der Waals surface area (Å²) in [5, 5.41) is 5.89. The average molecular weight is 493 g/mol. The number of amides is 1. The van der Waals surface area contributed by atoms with Gasteiger partial charge >= 0.3 is 6.18 Å². The van der Waals surface area contributed by atoms with Gasteiger partial charge in [-0.2, -0.15) is 18.3 Å². The third-order valence-electron chi connectivity index (χ3n) is 4.46. The van der Waals surface area contributed by atoms with Crippen LogP contribution in [0.15, 0.2) is 61.2 Å². The molecule has 0 radical (unpaired) electrons. The Kier molecular flexibility index (Phi) is 6.07. The normalized spacial score (nSPS) is 11.3. The van der Waals surface area contributed by atoms with Crippen LogP contribution in [0.4, 0.5) is 29.1 Å². The predicted molar refractivity (Wildman–Crippen MR) is 114 cm³/mol. The smallest absolute Gasteiger partial charge is 0.434 e. The third kappa shape index (κ3) is 4.62. The van der Waals surface area contributed by atoms with Crippen LogP contribution < -0.4 is 15.8 Å². The lowest BCUT2D eigenvalue weighted by molar-refractivity contribution is -0.143. The number of nitrogens with one attached hydrogen (secondary N) is 1. The highest BCUT2D eigenvalue weighted by Gasteiger charge is 2.40. The van der Waals surface area contributed by atoms with Crippen LogP contribution in [-0.4, -0.2) is 25.7 Å². The summed E-state index contributed by atoms with van der Waals surface area (Å²) in [6.45, 7) is 0. The van der Waals surface area contributed by atoms with Gasteiger partial charge in [0.05, 0.1) is 23.6 Å². The van der Waals surface area contributed by atoms with Crippen LogP contribution >= 0.6 is 11.6 Å². The molecule has 0 unspecified atom stereocenters. The number of carbonyl (C=O) groups is 1. The Morgan fingerprint density at radius 1 is 1.12 bits per heavy atom. The van der Waals surface area contributed by atoms with Crippen molar-refractivity contribution in [3.05, 3.63) is 83.3 Å². The number of ether oxygens (including phenoxy) is 1. The Morgan fingerprint density at radius 2 is 1.91 bits per heavy atom. The van der Waals surface area contributed by atoms with Gasteiger partial charge in [-0.1, -0.05) is 11.6 Å². The van der Waals surface area contributed by atoms with Crippen LogP contribution in [-0.2, 0) is 6.18 Å². The summed E-state index contributed by atoms with van der Waals surface area (Å²) >= 11 is 5.97. The van der Waals surface area contributed by atoms with E-state index < -0.39 is 29.2 Å². The molecule has 0 saturated carbocycles. The number of nitrogens with zero attached hydrogens (tertiary/aromatic N) is 4. The standard InChI is InChI=1S/C21H13ClF4N6O2/c22-17-16(5-7-29-19(17)27)34-15-4-3-11(8-14(15)23)31-20(33)13-10-30-32(18(13)21(24,25)26)12-2-1-6-28-9-12/h1-10H,(H2,27,29)(H,31,33). The number of alkyl halides is 3. The Bertz CT molecular complexity index is 1360. The van der Waals surface area contributed by atoms with Gasteiger partial charge < -0.3 is 15.8 Å². The van der Waals surface area contributed by atoms with Gasteiger partial charge in [0, 0.05) is 30.2 Å². The molecule has 4 rings (SSSR count). The van der Waals surface area contributed by atoms with Crippen LogP contribution in [0.2, 0.25) is 5.02 Å². The van der Waals surface area contributed by atoms with Crippen molar-refractivity contribution >= 4 is 29.0 Å². The topological polar surface area (TPSA) is 108 Å². The highest BCUT2D eigenvalue weighted by atomic mass is 35.5. The van der Waals surface area contributed by atoms with Crippen molar-refractivity contribution < 1.29 is 27.1 Å². The van der Waals surface area contributed by atoms with E-state index in [0.717, 1.165) is 12.3 Å². The molecule has 1 amide bonds. The zero-order valence-electron chi connectivity index (χ0n) is 16.8. The summed E-state index contributed by atoms with van der Waals surface area (Å²) in [5.41, 5.74) is 3.41. The Labute approximate surface area is 194 Å². The minimum Gasteiger partial charge on any atom is -0.453 e. The molecule has 3 aromatic heterocycles. The predicted octanol–water partition coefficient (Wildman–Crippen LogP) is 5.10. The van der Waals surface area contributed by atoms with Gasteiger partial charge in [0.25, 0.3) is 5.91 Å². The van der Waals surface area contributed by atoms with Crippen molar-refractivity contribution in [2.45, 2.75) is 6.18 Å². The molecule has 13 heteroatoms. The highest BCUT2D eigenvalue weighted by Crippen LogP contribution is 2.35. The van der Waals surface area contributed by atoms with Gasteiger partial charge in [-0.05, 0) is 24.3 Å². The lowest BCUT2D eigenvalue weighted by atomic mass is 10.2. The molecule has 34 heavy (non-hydrogen) atoms. The molecule has 3 heterocycles. The largest absolute Gasteiger partial charge is 0.453 e. The van der Waals surface area contributed by atoms with E-state index in [1.807, 2.05) is 0 Å². The fourth-order valence-electron chi connectivity index (χ4n) is 2.96. The van der Waals surface area contributed by atoms with Crippen LogP contribution in [0, 0.1) is 5.82 Å². The molecule has 0 aliphatic rings. The van der Waals surface area contributed by atoms with Crippen molar-refractivity contribution in [2.24, 2.45) is 0 Å². The maximum atomic E-state index is 14.5. The van der Waals surface area contributed by atoms with Crippen molar-refractivity contribution in [1.82, 2.24) is 19.7 Å². The number of hydrogen-bond acceptors (Lipinski definition) is 6. The molecule has 0 aliphatic carbocycles. The molecular weight excluding hydrogens is 480 g/mol. The number of nitrogen functional groups attached to an aromatic ring is 1. The van der Waals surface area contributed by atoms with E-state index in [9.17, 15) is 22.4 Å². The maximum absolute atomic E-state index is 14.5. The summed E-state index contributed by atoms with van der Waals surface area (Å²) in [5.74, 6) is -2.28. The zero-order chi connectivity index (χ0) is 24.5. The third-order valence-corrected chi connectivity index (χ3v) is 4.84. The molecule has 0 saturated heterocycles. The average Bonchev–Trinajstić information content (AvgIpc) is 3.25. The minimum absolute atomic E-state index is 0.0110. The van der Waals surface area contributed by atoms with E-state index in [0.29, 0.717) is 4.68 Å². The molecule has 1 aromatic carbocycles. The second-order valence-electron chi connectivity index (χ2n) is 6.74. The summed E-state index contributed by atoms with van der Waals surface area (Å²) in [6, 6.07) is 7.44. The number of halogens is 5. The van der Waals surface area contributed by atoms with Crippen LogP contribution in [0.1, 0.15) is 16.1 Å². The molecule has 0 fully saturated rings. The lowest BCUT2D eigenvalue weighted by Gasteiger charge is -2.13. The van der Waals surface area contributed by atoms with E-state index >= 15 is 0 Å². The summed E-state index contributed by atoms with van der Waals surface area (Å²) in [4.78, 5) is 20.1. The number of carbonyl (C=O) groups excluding carboxylic acids is 1. The second-order valence-corrected chi connectivity index (χ2v) is 7.12. The number of rotatable bonds is 5. The maximum Gasteiger partial charge on any atom is 0.434 e. The van der Waals surface area contributed by atoms with Gasteiger partial charge in [0.2, 0.25) is 0 Å². The molecule has 0 bridgehead atoms. The number of benzene rings is 1. The Balaban J connectivity index is 1.59. The first-order valence-electron chi connectivity index (χ1n) is 9.39. The van der Waals surface area contributed by atoms with Crippen molar-refractivity contribution in [3.63, 3.8) is 0 Å². The number of nitrogens with two attached hydrogens (primary N) is 1. The van der Waals surface area contributed by atoms with Crippen LogP contribution in [0.5, 0.6) is 11.5 Å². The number of aromatic nitrogens is 4. The van der Waals surface area contributed by atoms with E-state index in [1.165, 1.54) is 48.9 Å². The Hall–Kier alpha value is -4.19. The van der Waals surface area contributed by atoms with Gasteiger partial charge in [-0.3, -0.25) is 9.78 Å². The first-order valence-corrected chi connectivity index (χ1v) is 9.77. The van der Waals surface area contributed by atoms with Gasteiger partial charge in [0.1, 0.15) is 10.8 Å². The summed E-state index contributed by atoms with van der Waals surface area (Å²) in [7, 11) is 0. The van der Waals surface area contributed by atoms with Gasteiger partial charge in [-0.25, -0.2) is 14.1 Å². The zero-order valence-corrected chi connectivity index (χ0v) is 17.6. The molecule has 0 spiro atoms. The van der Waals surface area contributed by atoms with Crippen molar-refractivity contribution in [3.8, 4) is 17.2 Å². The van der Waals surface area contributed by atoms with E-state index in [2.05, 4.69) is 20.4 Å². The second kappa shape index (κ2) is 8.98. The van der Waals surface area contributed by atoms with Gasteiger partial charge in [0.15, 0.2) is 23.0 Å². The summed E-state index contributed by atoms with van der Waals surface area (Å²) < 4.78 is 61.7. The molecule has 3 N–H and O–H groups in total. The minimum atomic E-state index is -4.91. The highest BCUT2D eigenvalue weighted by molar-refractivity contribution is 6.34. The van der Waals surface area contributed by atoms with Crippen LogP contribution in [0.25, 0.3) is 5.69 Å². The van der Waals surface area contributed by atoms with Crippen molar-refractivity contribution in [1.29, 1.82) is 0 Å². The number of anilines is 2. The number of pyridine rings is 2. The molecule has 174 valence electrons. The van der Waals surface area contributed by atoms with E-state index in [-0.39, 0.29) is 33.7 Å². The first-order chi connectivity index (χ1) is 16.1.